The number of pyridine rings is 1. The molecule has 1 fully saturated rings. The summed E-state index contributed by atoms with van der Waals surface area (Å²) in [6.07, 6.45) is 2.27. The van der Waals surface area contributed by atoms with Gasteiger partial charge in [0.1, 0.15) is 29.0 Å². The Bertz CT molecular complexity index is 2860. The zero-order chi connectivity index (χ0) is 47.2. The summed E-state index contributed by atoms with van der Waals surface area (Å²) in [5.41, 5.74) is 9.19. The van der Waals surface area contributed by atoms with Crippen molar-refractivity contribution in [2.45, 2.75) is 98.5 Å². The fraction of sp³-hybridized carbons (Fsp3) is 0.367. The summed E-state index contributed by atoms with van der Waals surface area (Å²) >= 11 is 3.19. The number of rotatable bonds is 11. The van der Waals surface area contributed by atoms with Gasteiger partial charge in [-0.3, -0.25) is 33.7 Å². The number of carbonyl (C=O) groups is 4. The van der Waals surface area contributed by atoms with Gasteiger partial charge in [-0.2, -0.15) is 0 Å². The Morgan fingerprint density at radius 3 is 2.29 bits per heavy atom. The highest BCUT2D eigenvalue weighted by Crippen LogP contribution is 2.40. The Balaban J connectivity index is 0.994. The number of ether oxygens (including phenoxy) is 1. The van der Waals surface area contributed by atoms with Gasteiger partial charge in [0, 0.05) is 46.9 Å². The SMILES string of the molecule is COC(=O)C[C@@H]1N=C(c2ccc(-c3cncc(C(=O)NC(C(=O)N4C[C@H](O)C[C@H]4C(=O)N[C@@H](C)c4ccc(-c5scnc5C)cc4)C(C)(C)C)c3)cc2)c2c(sc(C)c2C)-n2c(C)nnc21. The molecule has 0 aliphatic carbocycles. The van der Waals surface area contributed by atoms with Crippen LogP contribution in [0.5, 0.6) is 0 Å². The zero-order valence-electron chi connectivity index (χ0n) is 38.4. The molecular weight excluding hydrogens is 875 g/mol. The number of amides is 3. The average Bonchev–Trinajstić information content (AvgIpc) is 4.07. The fourth-order valence-electron chi connectivity index (χ4n) is 8.54. The van der Waals surface area contributed by atoms with Gasteiger partial charge < -0.3 is 25.4 Å². The number of thiophene rings is 1. The molecular formula is C49H53N9O6S2. The summed E-state index contributed by atoms with van der Waals surface area (Å²) in [6, 6.07) is 14.5. The molecule has 0 saturated carbocycles. The van der Waals surface area contributed by atoms with Crippen LogP contribution in [0.3, 0.4) is 0 Å². The number of β-amino-alcohol motifs (C(OH)–C–C–N with tert-alkyl or cyclic N) is 1. The largest absolute Gasteiger partial charge is 0.469 e. The van der Waals surface area contributed by atoms with E-state index in [1.165, 1.54) is 18.2 Å². The zero-order valence-corrected chi connectivity index (χ0v) is 40.0. The van der Waals surface area contributed by atoms with Crippen LogP contribution in [0.25, 0.3) is 26.6 Å². The van der Waals surface area contributed by atoms with Gasteiger partial charge in [-0.1, -0.05) is 69.3 Å². The maximum atomic E-state index is 14.4. The minimum atomic E-state index is -1.04. The molecule has 0 spiro atoms. The van der Waals surface area contributed by atoms with Crippen molar-refractivity contribution in [3.8, 4) is 26.6 Å². The first kappa shape index (κ1) is 46.1. The monoisotopic (exact) mass is 927 g/mol. The molecule has 66 heavy (non-hydrogen) atoms. The van der Waals surface area contributed by atoms with Gasteiger partial charge in [-0.05, 0) is 68.4 Å². The van der Waals surface area contributed by atoms with Crippen LogP contribution >= 0.6 is 22.7 Å². The van der Waals surface area contributed by atoms with Crippen LogP contribution < -0.4 is 10.6 Å². The molecule has 2 aliphatic rings. The van der Waals surface area contributed by atoms with E-state index >= 15 is 0 Å². The van der Waals surface area contributed by atoms with Crippen molar-refractivity contribution in [1.82, 2.24) is 40.3 Å². The van der Waals surface area contributed by atoms with Gasteiger partial charge in [0.15, 0.2) is 5.82 Å². The number of nitrogens with zero attached hydrogens (tertiary/aromatic N) is 7. The quantitative estimate of drug-likeness (QED) is 0.112. The lowest BCUT2D eigenvalue weighted by atomic mass is 9.85. The highest BCUT2D eigenvalue weighted by Gasteiger charge is 2.45. The van der Waals surface area contributed by atoms with E-state index in [1.54, 1.807) is 34.9 Å². The molecule has 2 aromatic carbocycles. The Morgan fingerprint density at radius 2 is 1.62 bits per heavy atom. The summed E-state index contributed by atoms with van der Waals surface area (Å²) in [5.74, 6) is -0.512. The number of aliphatic hydroxyl groups is 1. The van der Waals surface area contributed by atoms with E-state index in [-0.39, 0.29) is 36.9 Å². The van der Waals surface area contributed by atoms with E-state index in [9.17, 15) is 24.3 Å². The van der Waals surface area contributed by atoms with Crippen LogP contribution in [0.4, 0.5) is 0 Å². The van der Waals surface area contributed by atoms with Gasteiger partial charge in [0.05, 0.1) is 53.0 Å². The Labute approximate surface area is 391 Å². The summed E-state index contributed by atoms with van der Waals surface area (Å²) in [7, 11) is 1.35. The van der Waals surface area contributed by atoms with E-state index < -0.39 is 47.4 Å². The molecule has 5 atom stereocenters. The van der Waals surface area contributed by atoms with Crippen molar-refractivity contribution in [3.63, 3.8) is 0 Å². The molecule has 3 amide bonds. The molecule has 0 radical (unpaired) electrons. The number of aliphatic imine (C=N–C) groups is 1. The molecule has 15 nitrogen and oxygen atoms in total. The summed E-state index contributed by atoms with van der Waals surface area (Å²) < 4.78 is 7.02. The molecule has 1 saturated heterocycles. The number of aryl methyl sites for hydroxylation is 3. The van der Waals surface area contributed by atoms with Crippen LogP contribution in [-0.2, 0) is 19.1 Å². The number of methoxy groups -OCH3 is 1. The number of hydrogen-bond acceptors (Lipinski definition) is 13. The number of thiazole rings is 1. The minimum absolute atomic E-state index is 0.00851. The van der Waals surface area contributed by atoms with Crippen molar-refractivity contribution in [3.05, 3.63) is 123 Å². The highest BCUT2D eigenvalue weighted by molar-refractivity contribution is 7.15. The number of hydrogen-bond donors (Lipinski definition) is 3. The molecule has 17 heteroatoms. The Kier molecular flexibility index (Phi) is 12.9. The molecule has 1 unspecified atom stereocenters. The number of nitrogens with one attached hydrogen (secondary N) is 2. The minimum Gasteiger partial charge on any atom is -0.469 e. The van der Waals surface area contributed by atoms with Crippen LogP contribution in [0, 0.1) is 33.1 Å². The van der Waals surface area contributed by atoms with Crippen LogP contribution in [0.2, 0.25) is 0 Å². The van der Waals surface area contributed by atoms with Crippen LogP contribution in [0.1, 0.15) is 107 Å². The van der Waals surface area contributed by atoms with Crippen LogP contribution in [-0.4, -0.2) is 96.0 Å². The third kappa shape index (κ3) is 9.06. The highest BCUT2D eigenvalue weighted by atomic mass is 32.1. The average molecular weight is 928 g/mol. The molecule has 342 valence electrons. The van der Waals surface area contributed by atoms with E-state index in [0.29, 0.717) is 22.9 Å². The lowest BCUT2D eigenvalue weighted by Gasteiger charge is -2.35. The predicted octanol–water partition coefficient (Wildman–Crippen LogP) is 7.19. The normalized spacial score (nSPS) is 17.8. The Hall–Kier alpha value is -6.43. The van der Waals surface area contributed by atoms with Gasteiger partial charge in [0.2, 0.25) is 11.8 Å². The molecule has 0 bridgehead atoms. The van der Waals surface area contributed by atoms with E-state index in [4.69, 9.17) is 9.73 Å². The summed E-state index contributed by atoms with van der Waals surface area (Å²) in [6.45, 7) is 15.3. The lowest BCUT2D eigenvalue weighted by Crippen LogP contribution is -2.57. The number of carbonyl (C=O) groups excluding carboxylic acids is 4. The van der Waals surface area contributed by atoms with Crippen molar-refractivity contribution in [2.75, 3.05) is 13.7 Å². The van der Waals surface area contributed by atoms with Gasteiger partial charge >= 0.3 is 5.97 Å². The van der Waals surface area contributed by atoms with Crippen molar-refractivity contribution in [1.29, 1.82) is 0 Å². The summed E-state index contributed by atoms with van der Waals surface area (Å²) in [5, 5.41) is 26.5. The molecule has 2 aliphatic heterocycles. The molecule has 6 heterocycles. The Morgan fingerprint density at radius 1 is 0.924 bits per heavy atom. The van der Waals surface area contributed by atoms with E-state index in [1.807, 2.05) is 100 Å². The first-order valence-electron chi connectivity index (χ1n) is 21.8. The fourth-order valence-corrected chi connectivity index (χ4v) is 10.6. The third-order valence-electron chi connectivity index (χ3n) is 12.3. The van der Waals surface area contributed by atoms with Gasteiger partial charge in [-0.15, -0.1) is 32.9 Å². The molecule has 4 aromatic heterocycles. The number of aromatic nitrogens is 5. The number of benzene rings is 2. The number of fused-ring (bicyclic) bond motifs is 3. The first-order valence-corrected chi connectivity index (χ1v) is 23.5. The maximum absolute atomic E-state index is 14.4. The van der Waals surface area contributed by atoms with Crippen molar-refractivity contribution < 1.29 is 29.0 Å². The molecule has 3 N–H and O–H groups in total. The van der Waals surface area contributed by atoms with Gasteiger partial charge in [-0.25, -0.2) is 4.98 Å². The van der Waals surface area contributed by atoms with Crippen molar-refractivity contribution >= 4 is 52.1 Å². The number of esters is 1. The third-order valence-corrected chi connectivity index (χ3v) is 14.5. The second-order valence-electron chi connectivity index (χ2n) is 18.0. The smallest absolute Gasteiger partial charge is 0.308 e. The second-order valence-corrected chi connectivity index (χ2v) is 20.1. The predicted molar refractivity (Wildman–Crippen MR) is 254 cm³/mol. The second kappa shape index (κ2) is 18.5. The number of aliphatic hydroxyl groups excluding tert-OH is 1. The van der Waals surface area contributed by atoms with Crippen molar-refractivity contribution in [2.24, 2.45) is 10.4 Å². The van der Waals surface area contributed by atoms with Gasteiger partial charge in [0.25, 0.3) is 5.91 Å². The number of likely N-dealkylation sites (tertiary alicyclic amines) is 1. The molecule has 8 rings (SSSR count). The topological polar surface area (TPSA) is 194 Å². The first-order chi connectivity index (χ1) is 31.4. The lowest BCUT2D eigenvalue weighted by molar-refractivity contribution is -0.142. The maximum Gasteiger partial charge on any atom is 0.308 e. The van der Waals surface area contributed by atoms with Crippen LogP contribution in [0.15, 0.2) is 77.5 Å². The van der Waals surface area contributed by atoms with E-state index in [0.717, 1.165) is 53.8 Å². The summed E-state index contributed by atoms with van der Waals surface area (Å²) in [4.78, 5) is 72.4. The van der Waals surface area contributed by atoms with E-state index in [2.05, 4.69) is 44.6 Å². The standard InChI is InChI=1S/C49H53N9O6S2/c1-25-28(4)66-48-40(25)41(53-37(20-39(60)64-9)44-56-55-29(5)58(44)48)32-14-12-31(13-15-32)34-18-35(22-50-21-34)45(61)54-43(49(6,7)8)47(63)57-23-36(59)19-38(57)46(62)52-26(2)30-10-16-33(17-11-30)42-27(3)51-24-65-42/h10-18,21-22,24,26,36-38,43,59H,19-20,23H2,1-9H3,(H,52,62)(H,54,61)/t26-,36+,37-,38-,43?/m0/s1. The molecule has 6 aromatic rings.